The summed E-state index contributed by atoms with van der Waals surface area (Å²) in [5.41, 5.74) is 0. The summed E-state index contributed by atoms with van der Waals surface area (Å²) in [7, 11) is 0. The van der Waals surface area contributed by atoms with Gasteiger partial charge in [-0.2, -0.15) is 0 Å². The summed E-state index contributed by atoms with van der Waals surface area (Å²) in [6, 6.07) is 11.8. The molecular weight excluding hydrogens is 300 g/mol. The zero-order valence-electron chi connectivity index (χ0n) is 9.17. The van der Waals surface area contributed by atoms with Gasteiger partial charge in [-0.1, -0.05) is 22.0 Å². The summed E-state index contributed by atoms with van der Waals surface area (Å²) in [6.45, 7) is 0. The lowest BCUT2D eigenvalue weighted by Crippen LogP contribution is -2.12. The maximum Gasteiger partial charge on any atom is 0.106 e. The minimum absolute atomic E-state index is 0.384. The Balaban J connectivity index is 1.82. The van der Waals surface area contributed by atoms with Crippen LogP contribution in [0.25, 0.3) is 0 Å². The van der Waals surface area contributed by atoms with Crippen molar-refractivity contribution in [2.75, 3.05) is 5.75 Å². The van der Waals surface area contributed by atoms with Crippen LogP contribution in [0.4, 0.5) is 0 Å². The molecular formula is C13H13BrO2S. The van der Waals surface area contributed by atoms with Crippen molar-refractivity contribution in [2.24, 2.45) is 0 Å². The number of thioether (sulfide) groups is 1. The van der Waals surface area contributed by atoms with Crippen LogP contribution in [-0.2, 0) is 6.42 Å². The third-order valence-electron chi connectivity index (χ3n) is 2.26. The molecule has 1 unspecified atom stereocenters. The molecule has 0 bridgehead atoms. The Morgan fingerprint density at radius 3 is 2.88 bits per heavy atom. The van der Waals surface area contributed by atoms with Gasteiger partial charge in [-0.15, -0.1) is 11.8 Å². The van der Waals surface area contributed by atoms with Gasteiger partial charge in [0.1, 0.15) is 5.76 Å². The second-order valence-corrected chi connectivity index (χ2v) is 5.71. The van der Waals surface area contributed by atoms with Gasteiger partial charge >= 0.3 is 0 Å². The summed E-state index contributed by atoms with van der Waals surface area (Å²) < 4.78 is 6.26. The maximum atomic E-state index is 9.86. The van der Waals surface area contributed by atoms with Crippen molar-refractivity contribution < 1.29 is 9.52 Å². The molecule has 2 nitrogen and oxygen atoms in total. The normalized spacial score (nSPS) is 12.6. The Kier molecular flexibility index (Phi) is 4.71. The van der Waals surface area contributed by atoms with Gasteiger partial charge in [0.15, 0.2) is 0 Å². The SMILES string of the molecule is OC(CSc1cccc(Br)c1)Cc1ccco1. The monoisotopic (exact) mass is 312 g/mol. The highest BCUT2D eigenvalue weighted by molar-refractivity contribution is 9.10. The molecule has 0 aliphatic rings. The van der Waals surface area contributed by atoms with Crippen LogP contribution in [0.1, 0.15) is 5.76 Å². The summed E-state index contributed by atoms with van der Waals surface area (Å²) in [5, 5.41) is 9.86. The van der Waals surface area contributed by atoms with Crippen molar-refractivity contribution in [3.8, 4) is 0 Å². The fourth-order valence-electron chi connectivity index (χ4n) is 1.47. The standard InChI is InChI=1S/C13H13BrO2S/c14-10-3-1-5-13(7-10)17-9-11(15)8-12-4-2-6-16-12/h1-7,11,15H,8-9H2. The van der Waals surface area contributed by atoms with E-state index in [4.69, 9.17) is 4.42 Å². The Hall–Kier alpha value is -0.710. The van der Waals surface area contributed by atoms with Crippen molar-refractivity contribution in [2.45, 2.75) is 17.4 Å². The Morgan fingerprint density at radius 2 is 2.18 bits per heavy atom. The van der Waals surface area contributed by atoms with Gasteiger partial charge in [0.2, 0.25) is 0 Å². The zero-order valence-corrected chi connectivity index (χ0v) is 11.6. The van der Waals surface area contributed by atoms with Gasteiger partial charge in [-0.3, -0.25) is 0 Å². The van der Waals surface area contributed by atoms with Crippen molar-refractivity contribution in [3.63, 3.8) is 0 Å². The molecule has 0 aliphatic carbocycles. The summed E-state index contributed by atoms with van der Waals surface area (Å²) in [4.78, 5) is 1.15. The molecule has 0 amide bonds. The first kappa shape index (κ1) is 12.7. The largest absolute Gasteiger partial charge is 0.469 e. The lowest BCUT2D eigenvalue weighted by molar-refractivity contribution is 0.192. The van der Waals surface area contributed by atoms with E-state index in [1.807, 2.05) is 36.4 Å². The highest BCUT2D eigenvalue weighted by atomic mass is 79.9. The summed E-state index contributed by atoms with van der Waals surface area (Å²) in [5.74, 6) is 1.49. The van der Waals surface area contributed by atoms with Crippen LogP contribution in [0.2, 0.25) is 0 Å². The van der Waals surface area contributed by atoms with Crippen LogP contribution >= 0.6 is 27.7 Å². The minimum Gasteiger partial charge on any atom is -0.469 e. The second-order valence-electron chi connectivity index (χ2n) is 3.71. The number of hydrogen-bond donors (Lipinski definition) is 1. The third-order valence-corrected chi connectivity index (χ3v) is 3.89. The molecule has 0 aliphatic heterocycles. The Labute approximate surface area is 113 Å². The molecule has 1 aromatic carbocycles. The molecule has 4 heteroatoms. The average Bonchev–Trinajstić information content (AvgIpc) is 2.79. The lowest BCUT2D eigenvalue weighted by Gasteiger charge is -2.08. The van der Waals surface area contributed by atoms with E-state index >= 15 is 0 Å². The zero-order chi connectivity index (χ0) is 12.1. The first-order chi connectivity index (χ1) is 8.24. The van der Waals surface area contributed by atoms with E-state index in [2.05, 4.69) is 15.9 Å². The number of benzene rings is 1. The molecule has 17 heavy (non-hydrogen) atoms. The topological polar surface area (TPSA) is 33.4 Å². The van der Waals surface area contributed by atoms with E-state index in [1.54, 1.807) is 18.0 Å². The van der Waals surface area contributed by atoms with Crippen molar-refractivity contribution in [3.05, 3.63) is 52.9 Å². The number of aliphatic hydroxyl groups is 1. The highest BCUT2D eigenvalue weighted by Gasteiger charge is 2.08. The molecule has 2 rings (SSSR count). The predicted octanol–water partition coefficient (Wildman–Crippen LogP) is 3.74. The number of hydrogen-bond acceptors (Lipinski definition) is 3. The predicted molar refractivity (Wildman–Crippen MR) is 73.3 cm³/mol. The van der Waals surface area contributed by atoms with E-state index in [0.717, 1.165) is 15.1 Å². The minimum atomic E-state index is -0.384. The fraction of sp³-hybridized carbons (Fsp3) is 0.231. The molecule has 0 saturated heterocycles. The number of furan rings is 1. The molecule has 90 valence electrons. The van der Waals surface area contributed by atoms with Crippen LogP contribution in [0.15, 0.2) is 56.4 Å². The number of aliphatic hydroxyl groups excluding tert-OH is 1. The van der Waals surface area contributed by atoms with Gasteiger partial charge < -0.3 is 9.52 Å². The van der Waals surface area contributed by atoms with E-state index in [-0.39, 0.29) is 6.10 Å². The van der Waals surface area contributed by atoms with Gasteiger partial charge in [-0.25, -0.2) is 0 Å². The number of halogens is 1. The van der Waals surface area contributed by atoms with Gasteiger partial charge in [0.05, 0.1) is 12.4 Å². The smallest absolute Gasteiger partial charge is 0.106 e. The molecule has 0 fully saturated rings. The Bertz CT molecular complexity index is 456. The van der Waals surface area contributed by atoms with Crippen molar-refractivity contribution in [1.29, 1.82) is 0 Å². The molecule has 1 atom stereocenters. The van der Waals surface area contributed by atoms with E-state index in [9.17, 15) is 5.11 Å². The van der Waals surface area contributed by atoms with E-state index in [0.29, 0.717) is 12.2 Å². The van der Waals surface area contributed by atoms with E-state index in [1.165, 1.54) is 0 Å². The van der Waals surface area contributed by atoms with Crippen LogP contribution in [0, 0.1) is 0 Å². The maximum absolute atomic E-state index is 9.86. The first-order valence-corrected chi connectivity index (χ1v) is 7.11. The fourth-order valence-corrected chi connectivity index (χ4v) is 2.91. The van der Waals surface area contributed by atoms with Crippen LogP contribution in [-0.4, -0.2) is 17.0 Å². The first-order valence-electron chi connectivity index (χ1n) is 5.33. The van der Waals surface area contributed by atoms with Crippen molar-refractivity contribution >= 4 is 27.7 Å². The van der Waals surface area contributed by atoms with Crippen LogP contribution < -0.4 is 0 Å². The summed E-state index contributed by atoms with van der Waals surface area (Å²) in [6.07, 6.45) is 1.81. The summed E-state index contributed by atoms with van der Waals surface area (Å²) >= 11 is 5.07. The third kappa shape index (κ3) is 4.22. The molecule has 0 radical (unpaired) electrons. The molecule has 0 saturated carbocycles. The molecule has 0 spiro atoms. The van der Waals surface area contributed by atoms with Gasteiger partial charge in [-0.05, 0) is 30.3 Å². The van der Waals surface area contributed by atoms with Crippen molar-refractivity contribution in [1.82, 2.24) is 0 Å². The van der Waals surface area contributed by atoms with Crippen LogP contribution in [0.5, 0.6) is 0 Å². The lowest BCUT2D eigenvalue weighted by atomic mass is 10.2. The van der Waals surface area contributed by atoms with Gasteiger partial charge in [0, 0.05) is 21.5 Å². The molecule has 1 N–H and O–H groups in total. The van der Waals surface area contributed by atoms with Gasteiger partial charge in [0.25, 0.3) is 0 Å². The highest BCUT2D eigenvalue weighted by Crippen LogP contribution is 2.23. The van der Waals surface area contributed by atoms with Crippen LogP contribution in [0.3, 0.4) is 0 Å². The molecule has 2 aromatic rings. The second kappa shape index (κ2) is 6.28. The average molecular weight is 313 g/mol. The molecule has 1 heterocycles. The Morgan fingerprint density at radius 1 is 1.29 bits per heavy atom. The van der Waals surface area contributed by atoms with E-state index < -0.39 is 0 Å². The number of rotatable bonds is 5. The quantitative estimate of drug-likeness (QED) is 0.854. The molecule has 1 aromatic heterocycles.